The Labute approximate surface area is 135 Å². The van der Waals surface area contributed by atoms with Crippen LogP contribution in [0.4, 0.5) is 10.1 Å². The summed E-state index contributed by atoms with van der Waals surface area (Å²) in [6.45, 7) is 7.55. The van der Waals surface area contributed by atoms with Crippen LogP contribution < -0.4 is 5.32 Å². The van der Waals surface area contributed by atoms with Crippen molar-refractivity contribution in [1.82, 2.24) is 4.90 Å². The van der Waals surface area contributed by atoms with Gasteiger partial charge in [0.2, 0.25) is 5.91 Å². The van der Waals surface area contributed by atoms with Crippen LogP contribution in [0.5, 0.6) is 0 Å². The highest BCUT2D eigenvalue weighted by molar-refractivity contribution is 5.96. The van der Waals surface area contributed by atoms with E-state index >= 15 is 0 Å². The fourth-order valence-corrected chi connectivity index (χ4v) is 2.06. The van der Waals surface area contributed by atoms with Gasteiger partial charge in [0.15, 0.2) is 0 Å². The number of anilines is 1. The largest absolute Gasteiger partial charge is 0.395 e. The molecule has 0 radical (unpaired) electrons. The monoisotopic (exact) mass is 322 g/mol. The minimum atomic E-state index is -0.671. The molecule has 0 aliphatic carbocycles. The summed E-state index contributed by atoms with van der Waals surface area (Å²) in [5.41, 5.74) is 0.198. The molecule has 5 nitrogen and oxygen atoms in total. The molecule has 6 heteroatoms. The van der Waals surface area contributed by atoms with Crippen molar-refractivity contribution < 1.29 is 19.1 Å². The number of benzene rings is 1. The summed E-state index contributed by atoms with van der Waals surface area (Å²) >= 11 is 0. The van der Waals surface area contributed by atoms with Gasteiger partial charge in [0.1, 0.15) is 5.82 Å². The number of halogens is 1. The number of nitrogens with zero attached hydrogens (tertiary/aromatic N) is 1. The van der Waals surface area contributed by atoms with Gasteiger partial charge in [-0.05, 0) is 24.1 Å². The third-order valence-corrected chi connectivity index (χ3v) is 3.09. The second kappa shape index (κ2) is 9.05. The average Bonchev–Trinajstić information content (AvgIpc) is 2.47. The molecule has 2 amide bonds. The van der Waals surface area contributed by atoms with Crippen LogP contribution in [0.1, 0.15) is 30.6 Å². The highest BCUT2D eigenvalue weighted by Gasteiger charge is 2.17. The fourth-order valence-electron chi connectivity index (χ4n) is 2.06. The quantitative estimate of drug-likeness (QED) is 0.722. The van der Waals surface area contributed by atoms with Crippen molar-refractivity contribution in [2.24, 2.45) is 5.92 Å². The molecule has 0 unspecified atom stereocenters. The maximum Gasteiger partial charge on any atom is 0.254 e. The zero-order chi connectivity index (χ0) is 17.4. The first kappa shape index (κ1) is 18.8. The van der Waals surface area contributed by atoms with E-state index in [1.807, 2.05) is 13.8 Å². The molecule has 0 aliphatic heterocycles. The predicted molar refractivity (Wildman–Crippen MR) is 87.7 cm³/mol. The molecule has 0 saturated heterocycles. The Balaban J connectivity index is 2.87. The van der Waals surface area contributed by atoms with E-state index < -0.39 is 11.7 Å². The number of carbonyl (C=O) groups is 2. The van der Waals surface area contributed by atoms with Gasteiger partial charge in [-0.2, -0.15) is 0 Å². The number of hydrogen-bond acceptors (Lipinski definition) is 3. The van der Waals surface area contributed by atoms with Crippen LogP contribution in [0.25, 0.3) is 0 Å². The third-order valence-electron chi connectivity index (χ3n) is 3.09. The number of rotatable bonds is 8. The highest BCUT2D eigenvalue weighted by atomic mass is 19.1. The lowest BCUT2D eigenvalue weighted by atomic mass is 10.1. The summed E-state index contributed by atoms with van der Waals surface area (Å²) in [6, 6.07) is 3.90. The first-order valence-corrected chi connectivity index (χ1v) is 7.49. The average molecular weight is 322 g/mol. The summed E-state index contributed by atoms with van der Waals surface area (Å²) in [5, 5.41) is 11.5. The van der Waals surface area contributed by atoms with Crippen LogP contribution in [-0.4, -0.2) is 41.5 Å². The molecule has 0 aromatic heterocycles. The Hall–Kier alpha value is -2.21. The lowest BCUT2D eigenvalue weighted by Gasteiger charge is -2.20. The molecule has 0 spiro atoms. The zero-order valence-corrected chi connectivity index (χ0v) is 13.5. The van der Waals surface area contributed by atoms with Crippen LogP contribution >= 0.6 is 0 Å². The van der Waals surface area contributed by atoms with Gasteiger partial charge in [-0.3, -0.25) is 9.59 Å². The predicted octanol–water partition coefficient (Wildman–Crippen LogP) is 2.43. The first-order chi connectivity index (χ1) is 10.9. The van der Waals surface area contributed by atoms with Crippen LogP contribution in [0.15, 0.2) is 30.9 Å². The number of nitrogens with one attached hydrogen (secondary N) is 1. The first-order valence-electron chi connectivity index (χ1n) is 7.49. The Morgan fingerprint density at radius 2 is 2.13 bits per heavy atom. The molecular weight excluding hydrogens is 299 g/mol. The lowest BCUT2D eigenvalue weighted by Crippen LogP contribution is -2.33. The number of carbonyl (C=O) groups excluding carboxylic acids is 2. The summed E-state index contributed by atoms with van der Waals surface area (Å²) in [4.78, 5) is 25.3. The summed E-state index contributed by atoms with van der Waals surface area (Å²) < 4.78 is 14.1. The van der Waals surface area contributed by atoms with Gasteiger partial charge in [-0.1, -0.05) is 19.9 Å². The minimum Gasteiger partial charge on any atom is -0.395 e. The maximum absolute atomic E-state index is 14.1. The number of amides is 2. The maximum atomic E-state index is 14.1. The number of aliphatic hydroxyl groups excluding tert-OH is 1. The molecule has 1 rings (SSSR count). The van der Waals surface area contributed by atoms with Crippen molar-refractivity contribution in [3.8, 4) is 0 Å². The number of aliphatic hydroxyl groups is 1. The molecule has 2 N–H and O–H groups in total. The molecule has 0 fully saturated rings. The Morgan fingerprint density at radius 1 is 1.43 bits per heavy atom. The van der Waals surface area contributed by atoms with E-state index in [0.29, 0.717) is 6.42 Å². The molecule has 0 bridgehead atoms. The van der Waals surface area contributed by atoms with Gasteiger partial charge in [0.05, 0.1) is 12.3 Å². The van der Waals surface area contributed by atoms with E-state index in [2.05, 4.69) is 11.9 Å². The highest BCUT2D eigenvalue weighted by Crippen LogP contribution is 2.18. The summed E-state index contributed by atoms with van der Waals surface area (Å²) in [7, 11) is 0. The van der Waals surface area contributed by atoms with E-state index in [-0.39, 0.29) is 42.8 Å². The smallest absolute Gasteiger partial charge is 0.254 e. The SMILES string of the molecule is C=CCN(CCO)C(=O)c1ccc(NC(=O)CC(C)C)c(F)c1. The van der Waals surface area contributed by atoms with Crippen molar-refractivity contribution >= 4 is 17.5 Å². The van der Waals surface area contributed by atoms with Crippen molar-refractivity contribution in [1.29, 1.82) is 0 Å². The molecule has 0 atom stereocenters. The van der Waals surface area contributed by atoms with Gasteiger partial charge in [-0.15, -0.1) is 6.58 Å². The topological polar surface area (TPSA) is 69.6 Å². The zero-order valence-electron chi connectivity index (χ0n) is 13.5. The molecule has 126 valence electrons. The van der Waals surface area contributed by atoms with E-state index in [9.17, 15) is 14.0 Å². The van der Waals surface area contributed by atoms with Crippen LogP contribution in [0.2, 0.25) is 0 Å². The normalized spacial score (nSPS) is 10.5. The second-order valence-corrected chi connectivity index (χ2v) is 5.60. The van der Waals surface area contributed by atoms with Gasteiger partial charge >= 0.3 is 0 Å². The van der Waals surface area contributed by atoms with E-state index in [4.69, 9.17) is 5.11 Å². The van der Waals surface area contributed by atoms with Crippen molar-refractivity contribution in [3.05, 3.63) is 42.2 Å². The van der Waals surface area contributed by atoms with Crippen LogP contribution in [0, 0.1) is 11.7 Å². The molecule has 0 aliphatic rings. The van der Waals surface area contributed by atoms with Crippen molar-refractivity contribution in [2.45, 2.75) is 20.3 Å². The molecule has 23 heavy (non-hydrogen) atoms. The van der Waals surface area contributed by atoms with Crippen LogP contribution in [-0.2, 0) is 4.79 Å². The van der Waals surface area contributed by atoms with Crippen molar-refractivity contribution in [3.63, 3.8) is 0 Å². The molecule has 0 heterocycles. The summed E-state index contributed by atoms with van der Waals surface area (Å²) in [6.07, 6.45) is 1.83. The fraction of sp³-hybridized carbons (Fsp3) is 0.412. The second-order valence-electron chi connectivity index (χ2n) is 5.60. The third kappa shape index (κ3) is 5.83. The van der Waals surface area contributed by atoms with E-state index in [1.54, 1.807) is 0 Å². The molecular formula is C17H23FN2O3. The van der Waals surface area contributed by atoms with Gasteiger partial charge < -0.3 is 15.3 Å². The van der Waals surface area contributed by atoms with Gasteiger partial charge in [0.25, 0.3) is 5.91 Å². The molecule has 0 saturated carbocycles. The Kier molecular flexibility index (Phi) is 7.41. The Bertz CT molecular complexity index is 573. The van der Waals surface area contributed by atoms with E-state index in [0.717, 1.165) is 6.07 Å². The van der Waals surface area contributed by atoms with Gasteiger partial charge in [-0.25, -0.2) is 4.39 Å². The summed E-state index contributed by atoms with van der Waals surface area (Å²) in [5.74, 6) is -1.18. The Morgan fingerprint density at radius 3 is 2.65 bits per heavy atom. The number of hydrogen-bond donors (Lipinski definition) is 2. The minimum absolute atomic E-state index is 0.0460. The van der Waals surface area contributed by atoms with Crippen LogP contribution in [0.3, 0.4) is 0 Å². The van der Waals surface area contributed by atoms with Crippen molar-refractivity contribution in [2.75, 3.05) is 25.0 Å². The standard InChI is InChI=1S/C17H23FN2O3/c1-4-7-20(8-9-21)17(23)13-5-6-15(14(18)11-13)19-16(22)10-12(2)3/h4-6,11-12,21H,1,7-10H2,2-3H3,(H,19,22). The lowest BCUT2D eigenvalue weighted by molar-refractivity contribution is -0.116. The molecule has 1 aromatic rings. The molecule has 1 aromatic carbocycles. The van der Waals surface area contributed by atoms with E-state index in [1.165, 1.54) is 23.1 Å². The van der Waals surface area contributed by atoms with Gasteiger partial charge in [0, 0.05) is 25.1 Å².